The lowest BCUT2D eigenvalue weighted by molar-refractivity contribution is 0.0278. The number of carbonyl (C=O) groups excluding carboxylic acids is 1. The van der Waals surface area contributed by atoms with Gasteiger partial charge in [-0.3, -0.25) is 0 Å². The molecule has 0 atom stereocenters. The van der Waals surface area contributed by atoms with Gasteiger partial charge in [0.15, 0.2) is 0 Å². The van der Waals surface area contributed by atoms with Gasteiger partial charge < -0.3 is 14.4 Å². The largest absolute Gasteiger partial charge is 0.492 e. The van der Waals surface area contributed by atoms with Crippen LogP contribution in [0.1, 0.15) is 40.2 Å². The molecule has 120 valence electrons. The van der Waals surface area contributed by atoms with Gasteiger partial charge in [0.25, 0.3) is 0 Å². The summed E-state index contributed by atoms with van der Waals surface area (Å²) in [6.45, 7) is 12.5. The lowest BCUT2D eigenvalue weighted by Gasteiger charge is -2.24. The van der Waals surface area contributed by atoms with Crippen LogP contribution in [0.4, 0.5) is 4.79 Å². The highest BCUT2D eigenvalue weighted by molar-refractivity contribution is 5.67. The third kappa shape index (κ3) is 8.95. The van der Waals surface area contributed by atoms with Crippen molar-refractivity contribution in [2.24, 2.45) is 0 Å². The Labute approximate surface area is 129 Å². The molecule has 0 saturated carbocycles. The fraction of sp³-hybridized carbons (Fsp3) is 0.588. The second kappa shape index (κ2) is 9.27. The number of hydrogen-bond acceptors (Lipinski definition) is 3. The van der Waals surface area contributed by atoms with Gasteiger partial charge in [0.2, 0.25) is 0 Å². The molecule has 0 aromatic heterocycles. The van der Waals surface area contributed by atoms with Crippen molar-refractivity contribution in [3.63, 3.8) is 0 Å². The van der Waals surface area contributed by atoms with E-state index in [1.54, 1.807) is 7.05 Å². The highest BCUT2D eigenvalue weighted by Crippen LogP contribution is 2.12. The number of benzene rings is 1. The van der Waals surface area contributed by atoms with Crippen LogP contribution < -0.4 is 4.74 Å². The molecule has 0 unspecified atom stereocenters. The Balaban J connectivity index is 0.00000191. The van der Waals surface area contributed by atoms with Crippen LogP contribution in [-0.2, 0) is 4.74 Å². The molecule has 0 spiro atoms. The van der Waals surface area contributed by atoms with E-state index in [1.165, 1.54) is 10.5 Å². The van der Waals surface area contributed by atoms with Crippen LogP contribution in [0.2, 0.25) is 0 Å². The maximum atomic E-state index is 11.7. The first kappa shape index (κ1) is 19.3. The fourth-order valence-electron chi connectivity index (χ4n) is 1.37. The normalized spacial score (nSPS) is 10.2. The minimum Gasteiger partial charge on any atom is -0.492 e. The van der Waals surface area contributed by atoms with Gasteiger partial charge in [-0.05, 0) is 39.8 Å². The zero-order chi connectivity index (χ0) is 16.5. The van der Waals surface area contributed by atoms with E-state index in [9.17, 15) is 4.79 Å². The molecule has 4 nitrogen and oxygen atoms in total. The van der Waals surface area contributed by atoms with Gasteiger partial charge in [-0.1, -0.05) is 31.5 Å². The van der Waals surface area contributed by atoms with Crippen LogP contribution in [0.15, 0.2) is 24.3 Å². The number of amides is 1. The summed E-state index contributed by atoms with van der Waals surface area (Å²) in [6.07, 6.45) is -0.333. The molecule has 1 rings (SSSR count). The maximum absolute atomic E-state index is 11.7. The zero-order valence-corrected chi connectivity index (χ0v) is 14.4. The maximum Gasteiger partial charge on any atom is 0.410 e. The van der Waals surface area contributed by atoms with Crippen molar-refractivity contribution < 1.29 is 14.3 Å². The van der Waals surface area contributed by atoms with Crippen LogP contribution in [0.5, 0.6) is 5.75 Å². The van der Waals surface area contributed by atoms with E-state index in [0.717, 1.165) is 5.75 Å². The summed E-state index contributed by atoms with van der Waals surface area (Å²) in [5, 5.41) is 0. The van der Waals surface area contributed by atoms with E-state index in [2.05, 4.69) is 0 Å². The molecule has 0 aliphatic rings. The van der Waals surface area contributed by atoms with Crippen LogP contribution in [0.25, 0.3) is 0 Å². The molecular formula is C17H29NO3. The van der Waals surface area contributed by atoms with Crippen LogP contribution in [0, 0.1) is 6.92 Å². The summed E-state index contributed by atoms with van der Waals surface area (Å²) >= 11 is 0. The second-order valence-corrected chi connectivity index (χ2v) is 5.56. The molecule has 0 saturated heterocycles. The second-order valence-electron chi connectivity index (χ2n) is 5.56. The molecule has 0 bridgehead atoms. The Bertz CT molecular complexity index is 407. The molecular weight excluding hydrogens is 266 g/mol. The molecule has 1 aromatic carbocycles. The monoisotopic (exact) mass is 295 g/mol. The van der Waals surface area contributed by atoms with E-state index in [4.69, 9.17) is 9.47 Å². The highest BCUT2D eigenvalue weighted by atomic mass is 16.6. The van der Waals surface area contributed by atoms with Crippen molar-refractivity contribution in [3.05, 3.63) is 29.8 Å². The Morgan fingerprint density at radius 1 is 1.14 bits per heavy atom. The van der Waals surface area contributed by atoms with Crippen molar-refractivity contribution in [1.82, 2.24) is 4.90 Å². The molecule has 0 fully saturated rings. The molecule has 0 aliphatic carbocycles. The highest BCUT2D eigenvalue weighted by Gasteiger charge is 2.19. The molecule has 0 radical (unpaired) electrons. The number of ether oxygens (including phenoxy) is 2. The Kier molecular flexibility index (Phi) is 8.51. The van der Waals surface area contributed by atoms with Crippen molar-refractivity contribution in [3.8, 4) is 5.75 Å². The number of hydrogen-bond donors (Lipinski definition) is 0. The van der Waals surface area contributed by atoms with Crippen molar-refractivity contribution >= 4 is 6.09 Å². The van der Waals surface area contributed by atoms with Gasteiger partial charge in [0.05, 0.1) is 6.54 Å². The molecule has 4 heteroatoms. The summed E-state index contributed by atoms with van der Waals surface area (Å²) < 4.78 is 10.8. The van der Waals surface area contributed by atoms with E-state index < -0.39 is 5.60 Å². The minimum absolute atomic E-state index is 0.333. The predicted octanol–water partition coefficient (Wildman–Crippen LogP) is 4.27. The summed E-state index contributed by atoms with van der Waals surface area (Å²) in [5.74, 6) is 0.809. The average Bonchev–Trinajstić information content (AvgIpc) is 2.41. The van der Waals surface area contributed by atoms with Crippen molar-refractivity contribution in [2.45, 2.75) is 47.1 Å². The zero-order valence-electron chi connectivity index (χ0n) is 14.4. The first-order chi connectivity index (χ1) is 9.78. The van der Waals surface area contributed by atoms with Crippen molar-refractivity contribution in [2.75, 3.05) is 20.2 Å². The van der Waals surface area contributed by atoms with Gasteiger partial charge in [0, 0.05) is 7.05 Å². The van der Waals surface area contributed by atoms with Gasteiger partial charge in [0.1, 0.15) is 18.0 Å². The Morgan fingerprint density at radius 2 is 1.67 bits per heavy atom. The fourth-order valence-corrected chi connectivity index (χ4v) is 1.37. The van der Waals surface area contributed by atoms with Gasteiger partial charge in [-0.2, -0.15) is 0 Å². The van der Waals surface area contributed by atoms with E-state index in [-0.39, 0.29) is 6.09 Å². The molecule has 21 heavy (non-hydrogen) atoms. The first-order valence-corrected chi connectivity index (χ1v) is 7.41. The van der Waals surface area contributed by atoms with E-state index in [1.807, 2.05) is 65.8 Å². The third-order valence-corrected chi connectivity index (χ3v) is 2.42. The molecule has 1 aromatic rings. The van der Waals surface area contributed by atoms with Crippen LogP contribution in [0.3, 0.4) is 0 Å². The topological polar surface area (TPSA) is 38.8 Å². The van der Waals surface area contributed by atoms with Gasteiger partial charge >= 0.3 is 6.09 Å². The number of rotatable bonds is 4. The van der Waals surface area contributed by atoms with Crippen LogP contribution in [-0.4, -0.2) is 36.8 Å². The summed E-state index contributed by atoms with van der Waals surface area (Å²) in [7, 11) is 1.70. The first-order valence-electron chi connectivity index (χ1n) is 7.41. The summed E-state index contributed by atoms with van der Waals surface area (Å²) in [4.78, 5) is 13.2. The van der Waals surface area contributed by atoms with E-state index in [0.29, 0.717) is 13.2 Å². The number of likely N-dealkylation sites (N-methyl/N-ethyl adjacent to an activating group) is 1. The van der Waals surface area contributed by atoms with Gasteiger partial charge in [-0.25, -0.2) is 4.79 Å². The van der Waals surface area contributed by atoms with Crippen LogP contribution >= 0.6 is 0 Å². The molecule has 0 aliphatic heterocycles. The number of nitrogens with zero attached hydrogens (tertiary/aromatic N) is 1. The summed E-state index contributed by atoms with van der Waals surface area (Å²) in [6, 6.07) is 7.82. The smallest absolute Gasteiger partial charge is 0.410 e. The lowest BCUT2D eigenvalue weighted by atomic mass is 10.2. The standard InChI is InChI=1S/C15H23NO3.C2H6/c1-12-6-8-13(9-7-12)18-11-10-16(5)14(17)19-15(2,3)4;1-2/h6-9H,10-11H2,1-5H3;1-2H3. The van der Waals surface area contributed by atoms with Crippen molar-refractivity contribution in [1.29, 1.82) is 0 Å². The summed E-state index contributed by atoms with van der Waals surface area (Å²) in [5.41, 5.74) is 0.724. The Morgan fingerprint density at radius 3 is 2.14 bits per heavy atom. The number of aryl methyl sites for hydroxylation is 1. The molecule has 0 heterocycles. The van der Waals surface area contributed by atoms with E-state index >= 15 is 0 Å². The number of carbonyl (C=O) groups is 1. The average molecular weight is 295 g/mol. The lowest BCUT2D eigenvalue weighted by Crippen LogP contribution is -2.36. The third-order valence-electron chi connectivity index (χ3n) is 2.42. The SMILES string of the molecule is CC.Cc1ccc(OCCN(C)C(=O)OC(C)(C)C)cc1. The molecule has 1 amide bonds. The molecule has 0 N–H and O–H groups in total. The van der Waals surface area contributed by atoms with Gasteiger partial charge in [-0.15, -0.1) is 0 Å². The quantitative estimate of drug-likeness (QED) is 0.832. The predicted molar refractivity (Wildman–Crippen MR) is 86.9 cm³/mol. The minimum atomic E-state index is -0.469. The Hall–Kier alpha value is -1.71.